The van der Waals surface area contributed by atoms with Gasteiger partial charge in [-0.2, -0.15) is 0 Å². The number of carbonyl (C=O) groups is 2. The van der Waals surface area contributed by atoms with Crippen LogP contribution in [0.1, 0.15) is 22.7 Å². The maximum atomic E-state index is 14.5. The van der Waals surface area contributed by atoms with E-state index in [0.717, 1.165) is 28.7 Å². The van der Waals surface area contributed by atoms with Gasteiger partial charge in [-0.3, -0.25) is 14.5 Å². The van der Waals surface area contributed by atoms with Crippen molar-refractivity contribution in [3.8, 4) is 5.75 Å². The average Bonchev–Trinajstić information content (AvgIpc) is 3.54. The quantitative estimate of drug-likeness (QED) is 0.0814. The molecular weight excluding hydrogens is 587 g/mol. The highest BCUT2D eigenvalue weighted by molar-refractivity contribution is 8.00. The van der Waals surface area contributed by atoms with Crippen molar-refractivity contribution in [3.05, 3.63) is 99.8 Å². The third-order valence-electron chi connectivity index (χ3n) is 6.51. The van der Waals surface area contributed by atoms with Gasteiger partial charge in [0.25, 0.3) is 5.78 Å². The molecule has 1 N–H and O–H groups in total. The molecule has 5 rings (SSSR count). The number of hydrogen-bond donors (Lipinski definition) is 1. The Hall–Kier alpha value is -3.93. The Morgan fingerprint density at radius 3 is 2.51 bits per heavy atom. The lowest BCUT2D eigenvalue weighted by atomic mass is 9.95. The first-order chi connectivity index (χ1) is 19.7. The number of anilines is 2. The molecule has 0 spiro atoms. The number of aliphatic hydroxyl groups excluding tert-OH is 1. The molecule has 1 atom stereocenters. The summed E-state index contributed by atoms with van der Waals surface area (Å²) in [5, 5.41) is 20.6. The second kappa shape index (κ2) is 11.9. The van der Waals surface area contributed by atoms with E-state index < -0.39 is 29.3 Å². The molecule has 2 heterocycles. The number of benzene rings is 3. The maximum absolute atomic E-state index is 14.5. The van der Waals surface area contributed by atoms with E-state index >= 15 is 0 Å². The van der Waals surface area contributed by atoms with Gasteiger partial charge in [0.1, 0.15) is 5.76 Å². The second-order valence-electron chi connectivity index (χ2n) is 9.24. The van der Waals surface area contributed by atoms with Crippen LogP contribution in [0.5, 0.6) is 5.75 Å². The number of ether oxygens (including phenoxy) is 1. The van der Waals surface area contributed by atoms with Gasteiger partial charge in [-0.05, 0) is 47.5 Å². The summed E-state index contributed by atoms with van der Waals surface area (Å²) >= 11 is 8.82. The van der Waals surface area contributed by atoms with Gasteiger partial charge in [-0.15, -0.1) is 10.2 Å². The summed E-state index contributed by atoms with van der Waals surface area (Å²) in [5.41, 5.74) is 2.23. The van der Waals surface area contributed by atoms with Crippen LogP contribution >= 0.6 is 34.7 Å². The minimum absolute atomic E-state index is 0.0199. The van der Waals surface area contributed by atoms with Gasteiger partial charge < -0.3 is 14.7 Å². The zero-order valence-corrected chi connectivity index (χ0v) is 24.6. The topological polar surface area (TPSA) is 95.9 Å². The highest BCUT2D eigenvalue weighted by atomic mass is 35.5. The molecule has 210 valence electrons. The molecule has 12 heteroatoms. The van der Waals surface area contributed by atoms with E-state index in [-0.39, 0.29) is 22.0 Å². The summed E-state index contributed by atoms with van der Waals surface area (Å²) < 4.78 is 20.1. The minimum atomic E-state index is -1.02. The Balaban J connectivity index is 1.56. The van der Waals surface area contributed by atoms with Crippen molar-refractivity contribution in [2.24, 2.45) is 0 Å². The number of rotatable bonds is 8. The molecule has 1 aliphatic rings. The Morgan fingerprint density at radius 2 is 1.85 bits per heavy atom. The standard InChI is InChI=1S/C29H24ClFN4O4S2/c1-34(2)19-11-8-16(9-12-19)24-23(25(36)17-10-13-22(39-3)21(31)14-17)26(37)27(38)35(24)28-32-33-29(41-28)40-15-18-6-4-5-7-20(18)30/h4-14,24,36H,15H2,1-3H3. The van der Waals surface area contributed by atoms with Crippen LogP contribution in [0.15, 0.2) is 76.6 Å². The number of halogens is 2. The van der Waals surface area contributed by atoms with Crippen molar-refractivity contribution in [3.63, 3.8) is 0 Å². The largest absolute Gasteiger partial charge is 0.507 e. The van der Waals surface area contributed by atoms with Gasteiger partial charge in [-0.25, -0.2) is 4.39 Å². The number of aliphatic hydroxyl groups is 1. The zero-order valence-electron chi connectivity index (χ0n) is 22.2. The number of aromatic nitrogens is 2. The third kappa shape index (κ3) is 5.65. The lowest BCUT2D eigenvalue weighted by Gasteiger charge is -2.23. The van der Waals surface area contributed by atoms with Gasteiger partial charge in [0.05, 0.1) is 18.7 Å². The van der Waals surface area contributed by atoms with E-state index in [9.17, 15) is 19.1 Å². The highest BCUT2D eigenvalue weighted by Crippen LogP contribution is 2.44. The molecule has 1 saturated heterocycles. The molecular formula is C29H24ClFN4O4S2. The smallest absolute Gasteiger partial charge is 0.301 e. The van der Waals surface area contributed by atoms with Gasteiger partial charge in [0, 0.05) is 36.1 Å². The number of carbonyl (C=O) groups excluding carboxylic acids is 2. The molecule has 0 aliphatic carbocycles. The molecule has 1 aliphatic heterocycles. The molecule has 4 aromatic rings. The van der Waals surface area contributed by atoms with Crippen LogP contribution in [0, 0.1) is 5.82 Å². The van der Waals surface area contributed by atoms with Crippen molar-refractivity contribution in [2.75, 3.05) is 31.0 Å². The summed E-state index contributed by atoms with van der Waals surface area (Å²) in [7, 11) is 5.11. The molecule has 1 aromatic heterocycles. The predicted octanol–water partition coefficient (Wildman–Crippen LogP) is 6.32. The fraction of sp³-hybridized carbons (Fsp3) is 0.172. The van der Waals surface area contributed by atoms with Crippen molar-refractivity contribution >= 4 is 63.0 Å². The first-order valence-corrected chi connectivity index (χ1v) is 14.5. The second-order valence-corrected chi connectivity index (χ2v) is 11.8. The summed E-state index contributed by atoms with van der Waals surface area (Å²) in [4.78, 5) is 30.0. The Morgan fingerprint density at radius 1 is 1.12 bits per heavy atom. The number of thioether (sulfide) groups is 1. The van der Waals surface area contributed by atoms with Crippen LogP contribution < -0.4 is 14.5 Å². The fourth-order valence-corrected chi connectivity index (χ4v) is 6.54. The number of nitrogens with zero attached hydrogens (tertiary/aromatic N) is 4. The van der Waals surface area contributed by atoms with Crippen LogP contribution in [0.4, 0.5) is 15.2 Å². The molecule has 3 aromatic carbocycles. The van der Waals surface area contributed by atoms with E-state index in [0.29, 0.717) is 20.7 Å². The minimum Gasteiger partial charge on any atom is -0.507 e. The monoisotopic (exact) mass is 610 g/mol. The van der Waals surface area contributed by atoms with E-state index in [1.807, 2.05) is 49.3 Å². The van der Waals surface area contributed by atoms with Crippen LogP contribution in [0.3, 0.4) is 0 Å². The van der Waals surface area contributed by atoms with Gasteiger partial charge in [-0.1, -0.05) is 65.0 Å². The van der Waals surface area contributed by atoms with Crippen molar-refractivity contribution in [1.82, 2.24) is 10.2 Å². The van der Waals surface area contributed by atoms with Crippen molar-refractivity contribution in [2.45, 2.75) is 16.1 Å². The average molecular weight is 611 g/mol. The zero-order chi connectivity index (χ0) is 29.3. The third-order valence-corrected chi connectivity index (χ3v) is 8.98. The van der Waals surface area contributed by atoms with E-state index in [4.69, 9.17) is 16.3 Å². The maximum Gasteiger partial charge on any atom is 0.301 e. The van der Waals surface area contributed by atoms with Crippen LogP contribution in [0.2, 0.25) is 5.02 Å². The summed E-state index contributed by atoms with van der Waals surface area (Å²) in [6.45, 7) is 0. The molecule has 41 heavy (non-hydrogen) atoms. The van der Waals surface area contributed by atoms with E-state index in [2.05, 4.69) is 10.2 Å². The van der Waals surface area contributed by atoms with Gasteiger partial charge in [0.15, 0.2) is 15.9 Å². The van der Waals surface area contributed by atoms with Crippen LogP contribution in [-0.4, -0.2) is 48.2 Å². The lowest BCUT2D eigenvalue weighted by molar-refractivity contribution is -0.132. The van der Waals surface area contributed by atoms with Gasteiger partial charge >= 0.3 is 5.91 Å². The molecule has 0 saturated carbocycles. The molecule has 0 bridgehead atoms. The highest BCUT2D eigenvalue weighted by Gasteiger charge is 2.48. The number of Topliss-reactive ketones (excluding diaryl/α,β-unsaturated/α-hetero) is 1. The number of amides is 1. The number of methoxy groups -OCH3 is 1. The van der Waals surface area contributed by atoms with Crippen LogP contribution in [-0.2, 0) is 15.3 Å². The summed E-state index contributed by atoms with van der Waals surface area (Å²) in [6.07, 6.45) is 0. The Kier molecular flexibility index (Phi) is 8.30. The normalized spacial score (nSPS) is 16.3. The molecule has 1 fully saturated rings. The summed E-state index contributed by atoms with van der Waals surface area (Å²) in [5.74, 6) is -2.50. The molecule has 0 radical (unpaired) electrons. The lowest BCUT2D eigenvalue weighted by Crippen LogP contribution is -2.29. The number of ketones is 1. The first kappa shape index (κ1) is 28.6. The van der Waals surface area contributed by atoms with Crippen molar-refractivity contribution in [1.29, 1.82) is 0 Å². The molecule has 8 nitrogen and oxygen atoms in total. The SMILES string of the molecule is COc1ccc(C(O)=C2C(=O)C(=O)N(c3nnc(SCc4ccccc4Cl)s3)C2c2ccc(N(C)C)cc2)cc1F. The first-order valence-electron chi connectivity index (χ1n) is 12.3. The van der Waals surface area contributed by atoms with E-state index in [1.165, 1.54) is 35.9 Å². The number of hydrogen-bond acceptors (Lipinski definition) is 9. The predicted molar refractivity (Wildman–Crippen MR) is 159 cm³/mol. The van der Waals surface area contributed by atoms with E-state index in [1.54, 1.807) is 18.2 Å². The molecule has 1 amide bonds. The van der Waals surface area contributed by atoms with Crippen LogP contribution in [0.25, 0.3) is 5.76 Å². The fourth-order valence-electron chi connectivity index (χ4n) is 4.38. The Bertz CT molecular complexity index is 1660. The summed E-state index contributed by atoms with van der Waals surface area (Å²) in [6, 6.07) is 17.5. The van der Waals surface area contributed by atoms with Gasteiger partial charge in [0.2, 0.25) is 5.13 Å². The van der Waals surface area contributed by atoms with Crippen molar-refractivity contribution < 1.29 is 23.8 Å². The Labute approximate surface area is 249 Å². The molecule has 1 unspecified atom stereocenters.